The van der Waals surface area contributed by atoms with Crippen LogP contribution in [0.5, 0.6) is 0 Å². The average Bonchev–Trinajstić information content (AvgIpc) is 3.40. The molecule has 3 saturated heterocycles. The summed E-state index contributed by atoms with van der Waals surface area (Å²) in [4.78, 5) is 29.0. The van der Waals surface area contributed by atoms with Gasteiger partial charge in [-0.2, -0.15) is 0 Å². The van der Waals surface area contributed by atoms with Crippen molar-refractivity contribution in [3.63, 3.8) is 0 Å². The van der Waals surface area contributed by atoms with Crippen LogP contribution in [0.25, 0.3) is 16.8 Å². The first-order valence-corrected chi connectivity index (χ1v) is 14.7. The van der Waals surface area contributed by atoms with Gasteiger partial charge < -0.3 is 23.7 Å². The van der Waals surface area contributed by atoms with Gasteiger partial charge in [0, 0.05) is 68.5 Å². The second-order valence-electron chi connectivity index (χ2n) is 12.6. The van der Waals surface area contributed by atoms with Gasteiger partial charge in [0.1, 0.15) is 22.7 Å². The van der Waals surface area contributed by atoms with Gasteiger partial charge in [-0.05, 0) is 70.7 Å². The van der Waals surface area contributed by atoms with Gasteiger partial charge in [0.25, 0.3) is 0 Å². The first kappa shape index (κ1) is 27.0. The van der Waals surface area contributed by atoms with E-state index in [2.05, 4.69) is 57.4 Å². The summed E-state index contributed by atoms with van der Waals surface area (Å²) < 4.78 is 13.9. The highest BCUT2D eigenvalue weighted by Gasteiger charge is 2.50. The number of aryl methyl sites for hydroxylation is 2. The zero-order valence-corrected chi connectivity index (χ0v) is 24.5. The number of pyridine rings is 2. The van der Waals surface area contributed by atoms with Crippen molar-refractivity contribution < 1.29 is 14.3 Å². The topological polar surface area (TPSA) is 75.4 Å². The molecule has 0 aromatic carbocycles. The summed E-state index contributed by atoms with van der Waals surface area (Å²) in [6.45, 7) is 15.6. The number of carbonyl (C=O) groups excluding carboxylic acids is 1. The summed E-state index contributed by atoms with van der Waals surface area (Å²) in [6, 6.07) is 7.17. The Morgan fingerprint density at radius 1 is 1.15 bits per heavy atom. The van der Waals surface area contributed by atoms with Gasteiger partial charge in [-0.15, -0.1) is 0 Å². The number of anilines is 1. The Hall–Kier alpha value is -3.17. The minimum absolute atomic E-state index is 0.232. The van der Waals surface area contributed by atoms with Crippen LogP contribution in [-0.2, 0) is 15.9 Å². The van der Waals surface area contributed by atoms with E-state index in [9.17, 15) is 4.79 Å². The summed E-state index contributed by atoms with van der Waals surface area (Å²) in [5, 5.41) is 0. The first-order valence-electron chi connectivity index (χ1n) is 14.7. The molecule has 6 heterocycles. The highest BCUT2D eigenvalue weighted by atomic mass is 16.6. The molecule has 1 spiro atoms. The van der Waals surface area contributed by atoms with Crippen LogP contribution in [0.4, 0.5) is 10.6 Å². The smallest absolute Gasteiger partial charge is 0.410 e. The van der Waals surface area contributed by atoms with Crippen molar-refractivity contribution >= 4 is 17.6 Å². The molecule has 0 N–H and O–H groups in total. The molecule has 214 valence electrons. The third kappa shape index (κ3) is 5.29. The second kappa shape index (κ2) is 10.3. The third-order valence-corrected chi connectivity index (χ3v) is 8.46. The van der Waals surface area contributed by atoms with E-state index in [1.807, 2.05) is 38.1 Å². The first-order chi connectivity index (χ1) is 19.1. The SMILES string of the molecule is CCc1nc(N2CCC(N3CC4(CN(C(=O)OC(C)(C)C)CCO4)C3)CC2)ccc1-c1cc(C)c2nccn2c1. The number of ether oxygens (including phenoxy) is 2. The Kier molecular flexibility index (Phi) is 6.99. The monoisotopic (exact) mass is 546 g/mol. The molecule has 0 radical (unpaired) electrons. The second-order valence-corrected chi connectivity index (χ2v) is 12.6. The number of carbonyl (C=O) groups is 1. The standard InChI is InChI=1S/C31H42N6O3/c1-6-26-25(23-17-22(2)28-32-11-14-35(28)18-23)7-8-27(33-26)34-12-9-24(10-13-34)37-20-31(21-37)19-36(15-16-39-31)29(38)40-30(3,4)5/h7-8,11,14,17-18,24H,6,9-10,12-13,15-16,19-21H2,1-5H3. The number of aromatic nitrogens is 3. The highest BCUT2D eigenvalue weighted by Crippen LogP contribution is 2.35. The van der Waals surface area contributed by atoms with Crippen LogP contribution < -0.4 is 4.90 Å². The third-order valence-electron chi connectivity index (χ3n) is 8.46. The number of piperidine rings is 1. The molecule has 3 aromatic heterocycles. The van der Waals surface area contributed by atoms with E-state index in [4.69, 9.17) is 14.5 Å². The molecule has 3 aromatic rings. The summed E-state index contributed by atoms with van der Waals surface area (Å²) in [6.07, 6.45) is 8.86. The predicted octanol–water partition coefficient (Wildman–Crippen LogP) is 4.56. The molecular weight excluding hydrogens is 504 g/mol. The van der Waals surface area contributed by atoms with Crippen LogP contribution in [-0.4, -0.2) is 93.4 Å². The molecule has 40 heavy (non-hydrogen) atoms. The van der Waals surface area contributed by atoms with E-state index in [0.29, 0.717) is 25.7 Å². The highest BCUT2D eigenvalue weighted by molar-refractivity contribution is 5.70. The predicted molar refractivity (Wildman–Crippen MR) is 156 cm³/mol. The van der Waals surface area contributed by atoms with Crippen LogP contribution in [0.2, 0.25) is 0 Å². The fourth-order valence-corrected chi connectivity index (χ4v) is 6.48. The van der Waals surface area contributed by atoms with Gasteiger partial charge in [0.15, 0.2) is 0 Å². The molecular formula is C31H42N6O3. The van der Waals surface area contributed by atoms with E-state index >= 15 is 0 Å². The lowest BCUT2D eigenvalue weighted by Gasteiger charge is -2.56. The van der Waals surface area contributed by atoms with Crippen LogP contribution in [0.3, 0.4) is 0 Å². The molecule has 0 unspecified atom stereocenters. The Labute approximate surface area is 237 Å². The van der Waals surface area contributed by atoms with Crippen LogP contribution in [0, 0.1) is 6.92 Å². The van der Waals surface area contributed by atoms with Gasteiger partial charge in [0.2, 0.25) is 0 Å². The molecule has 3 fully saturated rings. The average molecular weight is 547 g/mol. The lowest BCUT2D eigenvalue weighted by Crippen LogP contribution is -2.72. The number of morpholine rings is 1. The number of fused-ring (bicyclic) bond motifs is 1. The molecule has 0 aliphatic carbocycles. The molecule has 3 aliphatic heterocycles. The Balaban J connectivity index is 1.06. The summed E-state index contributed by atoms with van der Waals surface area (Å²) >= 11 is 0. The maximum atomic E-state index is 12.6. The zero-order valence-electron chi connectivity index (χ0n) is 24.5. The number of rotatable bonds is 4. The number of nitrogens with zero attached hydrogens (tertiary/aromatic N) is 6. The molecule has 9 nitrogen and oxygen atoms in total. The summed E-state index contributed by atoms with van der Waals surface area (Å²) in [7, 11) is 0. The van der Waals surface area contributed by atoms with Crippen molar-refractivity contribution in [2.24, 2.45) is 0 Å². The van der Waals surface area contributed by atoms with Gasteiger partial charge >= 0.3 is 6.09 Å². The molecule has 1 amide bonds. The van der Waals surface area contributed by atoms with E-state index in [1.165, 1.54) is 16.7 Å². The molecule has 0 saturated carbocycles. The van der Waals surface area contributed by atoms with Crippen molar-refractivity contribution in [1.82, 2.24) is 24.2 Å². The van der Waals surface area contributed by atoms with Crippen molar-refractivity contribution in [1.29, 1.82) is 0 Å². The van der Waals surface area contributed by atoms with E-state index in [0.717, 1.165) is 62.6 Å². The maximum Gasteiger partial charge on any atom is 0.410 e. The van der Waals surface area contributed by atoms with Gasteiger partial charge in [-0.1, -0.05) is 6.92 Å². The zero-order chi connectivity index (χ0) is 28.1. The quantitative estimate of drug-likeness (QED) is 0.475. The van der Waals surface area contributed by atoms with Gasteiger partial charge in [-0.3, -0.25) is 4.90 Å². The minimum atomic E-state index is -0.483. The Morgan fingerprint density at radius 3 is 2.65 bits per heavy atom. The lowest BCUT2D eigenvalue weighted by molar-refractivity contribution is -0.191. The van der Waals surface area contributed by atoms with Gasteiger partial charge in [-0.25, -0.2) is 14.8 Å². The van der Waals surface area contributed by atoms with Crippen LogP contribution in [0.15, 0.2) is 36.8 Å². The van der Waals surface area contributed by atoms with Crippen LogP contribution in [0.1, 0.15) is 51.8 Å². The number of hydrogen-bond acceptors (Lipinski definition) is 7. The fourth-order valence-electron chi connectivity index (χ4n) is 6.48. The number of hydrogen-bond donors (Lipinski definition) is 0. The summed E-state index contributed by atoms with van der Waals surface area (Å²) in [5.74, 6) is 1.07. The van der Waals surface area contributed by atoms with E-state index in [-0.39, 0.29) is 11.7 Å². The van der Waals surface area contributed by atoms with Gasteiger partial charge in [0.05, 0.1) is 18.8 Å². The lowest BCUT2D eigenvalue weighted by atomic mass is 9.87. The van der Waals surface area contributed by atoms with Crippen molar-refractivity contribution in [3.05, 3.63) is 48.0 Å². The largest absolute Gasteiger partial charge is 0.444 e. The Bertz CT molecular complexity index is 1380. The Morgan fingerprint density at radius 2 is 1.93 bits per heavy atom. The number of imidazole rings is 1. The molecule has 0 bridgehead atoms. The van der Waals surface area contributed by atoms with Crippen molar-refractivity contribution in [2.75, 3.05) is 50.8 Å². The molecule has 9 heteroatoms. The van der Waals surface area contributed by atoms with E-state index < -0.39 is 5.60 Å². The van der Waals surface area contributed by atoms with Crippen molar-refractivity contribution in [3.8, 4) is 11.1 Å². The normalized spacial score (nSPS) is 20.2. The molecule has 6 rings (SSSR count). The number of likely N-dealkylation sites (tertiary alicyclic amines) is 1. The maximum absolute atomic E-state index is 12.6. The number of amides is 1. The minimum Gasteiger partial charge on any atom is -0.444 e. The van der Waals surface area contributed by atoms with Crippen molar-refractivity contribution in [2.45, 2.75) is 71.1 Å². The van der Waals surface area contributed by atoms with E-state index in [1.54, 1.807) is 0 Å². The van der Waals surface area contributed by atoms with Crippen LogP contribution >= 0.6 is 0 Å². The fraction of sp³-hybridized carbons (Fsp3) is 0.581. The molecule has 0 atom stereocenters. The molecule has 3 aliphatic rings. The summed E-state index contributed by atoms with van der Waals surface area (Å²) in [5.41, 5.74) is 4.93.